The van der Waals surface area contributed by atoms with E-state index in [0.717, 1.165) is 23.4 Å². The molecule has 94 valence electrons. The average Bonchev–Trinajstić information content (AvgIpc) is 2.77. The predicted molar refractivity (Wildman–Crippen MR) is 68.2 cm³/mol. The minimum absolute atomic E-state index is 0.218. The van der Waals surface area contributed by atoms with Gasteiger partial charge in [0.2, 0.25) is 0 Å². The van der Waals surface area contributed by atoms with Gasteiger partial charge in [-0.2, -0.15) is 0 Å². The first-order chi connectivity index (χ1) is 8.70. The Balaban J connectivity index is 2.22. The molecular weight excluding hydrogens is 228 g/mol. The Morgan fingerprint density at radius 2 is 2.06 bits per heavy atom. The van der Waals surface area contributed by atoms with Crippen molar-refractivity contribution in [3.63, 3.8) is 0 Å². The zero-order valence-corrected chi connectivity index (χ0v) is 10.6. The number of aromatic nitrogens is 2. The van der Waals surface area contributed by atoms with Gasteiger partial charge in [0, 0.05) is 18.4 Å². The standard InChI is InChI=1S/C14H16N2O2/c1-11-8-15-10-16(11)9-13-6-4-3-5-12(13)7-14(17)18-2/h3-6,8,10H,7,9H2,1-2H3. The van der Waals surface area contributed by atoms with Crippen LogP contribution in [0.3, 0.4) is 0 Å². The molecule has 1 heterocycles. The molecule has 0 fully saturated rings. The molecule has 2 rings (SSSR count). The lowest BCUT2D eigenvalue weighted by atomic mass is 10.0. The zero-order valence-electron chi connectivity index (χ0n) is 10.6. The first-order valence-electron chi connectivity index (χ1n) is 5.81. The smallest absolute Gasteiger partial charge is 0.309 e. The van der Waals surface area contributed by atoms with Crippen LogP contribution < -0.4 is 0 Å². The Morgan fingerprint density at radius 3 is 2.67 bits per heavy atom. The molecule has 2 aromatic rings. The topological polar surface area (TPSA) is 44.1 Å². The largest absolute Gasteiger partial charge is 0.469 e. The molecule has 0 spiro atoms. The third kappa shape index (κ3) is 2.77. The molecule has 0 unspecified atom stereocenters. The monoisotopic (exact) mass is 244 g/mol. The second-order valence-electron chi connectivity index (χ2n) is 4.18. The first kappa shape index (κ1) is 12.4. The van der Waals surface area contributed by atoms with Gasteiger partial charge in [0.15, 0.2) is 0 Å². The summed E-state index contributed by atoms with van der Waals surface area (Å²) in [6, 6.07) is 7.89. The summed E-state index contributed by atoms with van der Waals surface area (Å²) in [5.74, 6) is -0.218. The number of rotatable bonds is 4. The number of imidazole rings is 1. The van der Waals surface area contributed by atoms with E-state index < -0.39 is 0 Å². The van der Waals surface area contributed by atoms with Crippen LogP contribution in [0.15, 0.2) is 36.8 Å². The van der Waals surface area contributed by atoms with Gasteiger partial charge in [0.05, 0.1) is 19.9 Å². The quantitative estimate of drug-likeness (QED) is 0.772. The fourth-order valence-electron chi connectivity index (χ4n) is 1.85. The van der Waals surface area contributed by atoms with Crippen molar-refractivity contribution in [3.8, 4) is 0 Å². The zero-order chi connectivity index (χ0) is 13.0. The van der Waals surface area contributed by atoms with Crippen LogP contribution >= 0.6 is 0 Å². The van der Waals surface area contributed by atoms with E-state index in [0.29, 0.717) is 6.42 Å². The average molecular weight is 244 g/mol. The minimum atomic E-state index is -0.218. The maximum atomic E-state index is 11.4. The van der Waals surface area contributed by atoms with Gasteiger partial charge in [-0.15, -0.1) is 0 Å². The highest BCUT2D eigenvalue weighted by atomic mass is 16.5. The number of benzene rings is 1. The van der Waals surface area contributed by atoms with Gasteiger partial charge >= 0.3 is 5.97 Å². The Kier molecular flexibility index (Phi) is 3.77. The molecule has 0 aliphatic rings. The van der Waals surface area contributed by atoms with Gasteiger partial charge in [-0.25, -0.2) is 4.98 Å². The fourth-order valence-corrected chi connectivity index (χ4v) is 1.85. The van der Waals surface area contributed by atoms with Crippen molar-refractivity contribution in [1.82, 2.24) is 9.55 Å². The van der Waals surface area contributed by atoms with Crippen LogP contribution in [0.4, 0.5) is 0 Å². The van der Waals surface area contributed by atoms with Gasteiger partial charge in [-0.3, -0.25) is 4.79 Å². The normalized spacial score (nSPS) is 10.3. The van der Waals surface area contributed by atoms with Crippen molar-refractivity contribution in [2.75, 3.05) is 7.11 Å². The van der Waals surface area contributed by atoms with Crippen molar-refractivity contribution >= 4 is 5.97 Å². The van der Waals surface area contributed by atoms with Crippen LogP contribution in [-0.2, 0) is 22.5 Å². The predicted octanol–water partition coefficient (Wildman–Crippen LogP) is 1.96. The molecule has 0 aliphatic heterocycles. The summed E-state index contributed by atoms with van der Waals surface area (Å²) in [5.41, 5.74) is 3.21. The molecule has 4 nitrogen and oxygen atoms in total. The van der Waals surface area contributed by atoms with Crippen LogP contribution in [0.1, 0.15) is 16.8 Å². The molecule has 0 N–H and O–H groups in total. The number of carbonyl (C=O) groups is 1. The second-order valence-corrected chi connectivity index (χ2v) is 4.18. The maximum absolute atomic E-state index is 11.4. The van der Waals surface area contributed by atoms with Crippen LogP contribution in [0, 0.1) is 6.92 Å². The minimum Gasteiger partial charge on any atom is -0.469 e. The molecule has 0 bridgehead atoms. The van der Waals surface area contributed by atoms with E-state index in [1.54, 1.807) is 6.33 Å². The number of hydrogen-bond donors (Lipinski definition) is 0. The van der Waals surface area contributed by atoms with Gasteiger partial charge in [0.25, 0.3) is 0 Å². The van der Waals surface area contributed by atoms with Crippen LogP contribution in [0.2, 0.25) is 0 Å². The molecule has 0 saturated heterocycles. The Bertz CT molecular complexity index is 546. The molecule has 0 atom stereocenters. The molecule has 1 aromatic carbocycles. The third-order valence-corrected chi connectivity index (χ3v) is 2.94. The number of ether oxygens (including phenoxy) is 1. The van der Waals surface area contributed by atoms with E-state index >= 15 is 0 Å². The number of carbonyl (C=O) groups excluding carboxylic acids is 1. The summed E-state index contributed by atoms with van der Waals surface area (Å²) in [5, 5.41) is 0. The molecule has 1 aromatic heterocycles. The highest BCUT2D eigenvalue weighted by molar-refractivity contribution is 5.72. The molecule has 18 heavy (non-hydrogen) atoms. The Morgan fingerprint density at radius 1 is 1.33 bits per heavy atom. The molecule has 4 heteroatoms. The third-order valence-electron chi connectivity index (χ3n) is 2.94. The van der Waals surface area contributed by atoms with E-state index in [1.165, 1.54) is 7.11 Å². The van der Waals surface area contributed by atoms with Crippen molar-refractivity contribution in [1.29, 1.82) is 0 Å². The summed E-state index contributed by atoms with van der Waals surface area (Å²) in [6.07, 6.45) is 3.92. The summed E-state index contributed by atoms with van der Waals surface area (Å²) in [4.78, 5) is 15.5. The van der Waals surface area contributed by atoms with E-state index in [2.05, 4.69) is 9.55 Å². The van der Waals surface area contributed by atoms with Crippen LogP contribution in [-0.4, -0.2) is 22.6 Å². The molecule has 0 radical (unpaired) electrons. The number of methoxy groups -OCH3 is 1. The van der Waals surface area contributed by atoms with E-state index in [9.17, 15) is 4.79 Å². The van der Waals surface area contributed by atoms with E-state index in [-0.39, 0.29) is 5.97 Å². The highest BCUT2D eigenvalue weighted by Crippen LogP contribution is 2.13. The van der Waals surface area contributed by atoms with Crippen molar-refractivity contribution in [3.05, 3.63) is 53.6 Å². The van der Waals surface area contributed by atoms with Crippen molar-refractivity contribution in [2.45, 2.75) is 19.9 Å². The summed E-state index contributed by atoms with van der Waals surface area (Å²) in [7, 11) is 1.41. The van der Waals surface area contributed by atoms with Gasteiger partial charge in [-0.05, 0) is 18.1 Å². The second kappa shape index (κ2) is 5.49. The first-order valence-corrected chi connectivity index (χ1v) is 5.81. The molecule has 0 amide bonds. The lowest BCUT2D eigenvalue weighted by Crippen LogP contribution is -2.09. The molecule has 0 saturated carbocycles. The number of nitrogens with zero attached hydrogens (tertiary/aromatic N) is 2. The SMILES string of the molecule is COC(=O)Cc1ccccc1Cn1cncc1C. The van der Waals surface area contributed by atoms with Crippen LogP contribution in [0.5, 0.6) is 0 Å². The van der Waals surface area contributed by atoms with E-state index in [1.807, 2.05) is 37.4 Å². The maximum Gasteiger partial charge on any atom is 0.309 e. The van der Waals surface area contributed by atoms with Gasteiger partial charge < -0.3 is 9.30 Å². The highest BCUT2D eigenvalue weighted by Gasteiger charge is 2.08. The van der Waals surface area contributed by atoms with Crippen LogP contribution in [0.25, 0.3) is 0 Å². The van der Waals surface area contributed by atoms with Crippen molar-refractivity contribution < 1.29 is 9.53 Å². The number of hydrogen-bond acceptors (Lipinski definition) is 3. The number of aryl methyl sites for hydroxylation is 1. The van der Waals surface area contributed by atoms with E-state index in [4.69, 9.17) is 4.74 Å². The summed E-state index contributed by atoms with van der Waals surface area (Å²) < 4.78 is 6.76. The fraction of sp³-hybridized carbons (Fsp3) is 0.286. The number of esters is 1. The molecule has 0 aliphatic carbocycles. The Labute approximate surface area is 106 Å². The van der Waals surface area contributed by atoms with Gasteiger partial charge in [0.1, 0.15) is 0 Å². The van der Waals surface area contributed by atoms with Gasteiger partial charge in [-0.1, -0.05) is 24.3 Å². The van der Waals surface area contributed by atoms with Crippen molar-refractivity contribution in [2.24, 2.45) is 0 Å². The lowest BCUT2D eigenvalue weighted by molar-refractivity contribution is -0.139. The Hall–Kier alpha value is -2.10. The summed E-state index contributed by atoms with van der Waals surface area (Å²) in [6.45, 7) is 2.73. The lowest BCUT2D eigenvalue weighted by Gasteiger charge is -2.10. The summed E-state index contributed by atoms with van der Waals surface area (Å²) >= 11 is 0. The molecular formula is C14H16N2O2.